The summed E-state index contributed by atoms with van der Waals surface area (Å²) in [6.45, 7) is 0. The second-order valence-corrected chi connectivity index (χ2v) is 4.08. The van der Waals surface area contributed by atoms with E-state index in [9.17, 15) is 4.39 Å². The number of thiophene rings is 1. The minimum Gasteiger partial charge on any atom is -0.391 e. The summed E-state index contributed by atoms with van der Waals surface area (Å²) in [7, 11) is 0. The summed E-state index contributed by atoms with van der Waals surface area (Å²) >= 11 is 5.51. The van der Waals surface area contributed by atoms with Crippen molar-refractivity contribution in [2.24, 2.45) is 0 Å². The minimum absolute atomic E-state index is 0.269. The van der Waals surface area contributed by atoms with Crippen LogP contribution in [-0.4, -0.2) is 0 Å². The van der Waals surface area contributed by atoms with Crippen molar-refractivity contribution in [1.29, 1.82) is 0 Å². The van der Waals surface area contributed by atoms with Crippen LogP contribution < -0.4 is 5.73 Å². The van der Waals surface area contributed by atoms with E-state index in [1.54, 1.807) is 0 Å². The van der Waals surface area contributed by atoms with Gasteiger partial charge in [-0.25, -0.2) is 4.39 Å². The fourth-order valence-corrected chi connectivity index (χ4v) is 2.37. The first-order valence-corrected chi connectivity index (χ1v) is 4.61. The molecule has 0 fully saturated rings. The third-order valence-corrected chi connectivity index (χ3v) is 2.88. The number of nitrogen functional groups attached to an aromatic ring is 1. The standard InChI is InChI=1S/C8H6FNS2/c9-4-1-6(11)5-3-8(10)12-7(5)2-4/h1-3,11H,10H2. The topological polar surface area (TPSA) is 26.0 Å². The van der Waals surface area contributed by atoms with Gasteiger partial charge in [0, 0.05) is 15.0 Å². The number of fused-ring (bicyclic) bond motifs is 1. The summed E-state index contributed by atoms with van der Waals surface area (Å²) < 4.78 is 13.7. The van der Waals surface area contributed by atoms with E-state index in [4.69, 9.17) is 5.73 Å². The van der Waals surface area contributed by atoms with E-state index in [2.05, 4.69) is 12.6 Å². The van der Waals surface area contributed by atoms with Gasteiger partial charge in [0.05, 0.1) is 5.00 Å². The van der Waals surface area contributed by atoms with Crippen LogP contribution in [0.25, 0.3) is 10.1 Å². The van der Waals surface area contributed by atoms with E-state index in [1.165, 1.54) is 23.5 Å². The second kappa shape index (κ2) is 2.64. The Labute approximate surface area is 78.4 Å². The molecule has 1 heterocycles. The number of hydrogen-bond acceptors (Lipinski definition) is 3. The molecule has 0 radical (unpaired) electrons. The van der Waals surface area contributed by atoms with Crippen molar-refractivity contribution in [2.75, 3.05) is 5.73 Å². The summed E-state index contributed by atoms with van der Waals surface area (Å²) in [5.41, 5.74) is 5.57. The van der Waals surface area contributed by atoms with Crippen molar-refractivity contribution < 1.29 is 4.39 Å². The van der Waals surface area contributed by atoms with Gasteiger partial charge in [-0.05, 0) is 18.2 Å². The van der Waals surface area contributed by atoms with Gasteiger partial charge in [-0.3, -0.25) is 0 Å². The summed E-state index contributed by atoms with van der Waals surface area (Å²) in [5, 5.41) is 1.60. The summed E-state index contributed by atoms with van der Waals surface area (Å²) in [4.78, 5) is 0.637. The Morgan fingerprint density at radius 3 is 2.83 bits per heavy atom. The van der Waals surface area contributed by atoms with Crippen LogP contribution in [0.3, 0.4) is 0 Å². The van der Waals surface area contributed by atoms with Gasteiger partial charge in [0.15, 0.2) is 0 Å². The predicted molar refractivity (Wildman–Crippen MR) is 53.4 cm³/mol. The number of nitrogens with two attached hydrogens (primary N) is 1. The molecule has 0 aliphatic heterocycles. The lowest BCUT2D eigenvalue weighted by Crippen LogP contribution is -1.74. The molecule has 0 unspecified atom stereocenters. The van der Waals surface area contributed by atoms with Crippen LogP contribution in [0.4, 0.5) is 9.39 Å². The Morgan fingerprint density at radius 1 is 1.33 bits per heavy atom. The SMILES string of the molecule is Nc1cc2c(S)cc(F)cc2s1. The van der Waals surface area contributed by atoms with Gasteiger partial charge in [0.25, 0.3) is 0 Å². The number of rotatable bonds is 0. The third-order valence-electron chi connectivity index (χ3n) is 1.60. The van der Waals surface area contributed by atoms with Crippen LogP contribution in [0.15, 0.2) is 23.1 Å². The molecule has 62 valence electrons. The van der Waals surface area contributed by atoms with Gasteiger partial charge in [-0.2, -0.15) is 0 Å². The van der Waals surface area contributed by atoms with Crippen molar-refractivity contribution in [3.63, 3.8) is 0 Å². The molecule has 1 aromatic carbocycles. The monoisotopic (exact) mass is 199 g/mol. The first-order chi connectivity index (χ1) is 5.66. The predicted octanol–water partition coefficient (Wildman–Crippen LogP) is 2.91. The average molecular weight is 199 g/mol. The van der Waals surface area contributed by atoms with E-state index in [1.807, 2.05) is 6.07 Å². The van der Waals surface area contributed by atoms with Crippen molar-refractivity contribution in [2.45, 2.75) is 4.90 Å². The third kappa shape index (κ3) is 1.17. The first-order valence-electron chi connectivity index (χ1n) is 3.34. The van der Waals surface area contributed by atoms with Crippen LogP contribution >= 0.6 is 24.0 Å². The molecule has 0 atom stereocenters. The second-order valence-electron chi connectivity index (χ2n) is 2.49. The average Bonchev–Trinajstić information content (AvgIpc) is 2.29. The summed E-state index contributed by atoms with van der Waals surface area (Å²) in [6, 6.07) is 4.66. The number of anilines is 1. The molecule has 0 saturated carbocycles. The van der Waals surface area contributed by atoms with E-state index < -0.39 is 0 Å². The lowest BCUT2D eigenvalue weighted by atomic mass is 10.2. The van der Waals surface area contributed by atoms with Gasteiger partial charge in [0.1, 0.15) is 5.82 Å². The Bertz CT molecular complexity index is 436. The highest BCUT2D eigenvalue weighted by Gasteiger charge is 2.04. The molecule has 0 bridgehead atoms. The Kier molecular flexibility index (Phi) is 1.73. The lowest BCUT2D eigenvalue weighted by molar-refractivity contribution is 0.627. The van der Waals surface area contributed by atoms with Crippen LogP contribution in [0.1, 0.15) is 0 Å². The molecule has 1 aromatic heterocycles. The highest BCUT2D eigenvalue weighted by Crippen LogP contribution is 2.32. The Morgan fingerprint density at radius 2 is 2.08 bits per heavy atom. The number of hydrogen-bond donors (Lipinski definition) is 2. The maximum Gasteiger partial charge on any atom is 0.125 e. The van der Waals surface area contributed by atoms with Gasteiger partial charge in [0.2, 0.25) is 0 Å². The van der Waals surface area contributed by atoms with Gasteiger partial charge >= 0.3 is 0 Å². The molecule has 0 saturated heterocycles. The maximum absolute atomic E-state index is 12.8. The first kappa shape index (κ1) is 7.89. The molecular formula is C8H6FNS2. The van der Waals surface area contributed by atoms with E-state index in [0.29, 0.717) is 9.90 Å². The minimum atomic E-state index is -0.269. The van der Waals surface area contributed by atoms with E-state index >= 15 is 0 Å². The zero-order chi connectivity index (χ0) is 8.72. The largest absolute Gasteiger partial charge is 0.391 e. The maximum atomic E-state index is 12.8. The normalized spacial score (nSPS) is 10.8. The van der Waals surface area contributed by atoms with Gasteiger partial charge in [-0.1, -0.05) is 0 Å². The molecule has 0 amide bonds. The molecule has 1 nitrogen and oxygen atoms in total. The molecule has 12 heavy (non-hydrogen) atoms. The fraction of sp³-hybridized carbons (Fsp3) is 0. The molecule has 2 aromatic rings. The van der Waals surface area contributed by atoms with Crippen molar-refractivity contribution in [3.05, 3.63) is 24.0 Å². The number of halogens is 1. The zero-order valence-electron chi connectivity index (χ0n) is 6.04. The Hall–Kier alpha value is -0.740. The molecule has 0 aliphatic carbocycles. The highest BCUT2D eigenvalue weighted by atomic mass is 32.1. The smallest absolute Gasteiger partial charge is 0.125 e. The van der Waals surface area contributed by atoms with E-state index in [0.717, 1.165) is 10.1 Å². The van der Waals surface area contributed by atoms with Gasteiger partial charge < -0.3 is 5.73 Å². The number of benzene rings is 1. The highest BCUT2D eigenvalue weighted by molar-refractivity contribution is 7.80. The molecule has 0 spiro atoms. The van der Waals surface area contributed by atoms with E-state index in [-0.39, 0.29) is 5.82 Å². The lowest BCUT2D eigenvalue weighted by Gasteiger charge is -1.93. The fourth-order valence-electron chi connectivity index (χ4n) is 1.11. The molecule has 4 heteroatoms. The number of thiol groups is 1. The van der Waals surface area contributed by atoms with Crippen LogP contribution in [0.5, 0.6) is 0 Å². The summed E-state index contributed by atoms with van der Waals surface area (Å²) in [5.74, 6) is -0.269. The quantitative estimate of drug-likeness (QED) is 0.627. The molecule has 2 rings (SSSR count). The molecular weight excluding hydrogens is 193 g/mol. The van der Waals surface area contributed by atoms with Crippen LogP contribution in [-0.2, 0) is 0 Å². The molecule has 0 aliphatic rings. The summed E-state index contributed by atoms with van der Waals surface area (Å²) in [6.07, 6.45) is 0. The van der Waals surface area contributed by atoms with Crippen LogP contribution in [0.2, 0.25) is 0 Å². The Balaban J connectivity index is 2.88. The van der Waals surface area contributed by atoms with Crippen LogP contribution in [0, 0.1) is 5.82 Å². The van der Waals surface area contributed by atoms with Crippen molar-refractivity contribution in [3.8, 4) is 0 Å². The van der Waals surface area contributed by atoms with Crippen molar-refractivity contribution in [1.82, 2.24) is 0 Å². The zero-order valence-corrected chi connectivity index (χ0v) is 7.75. The van der Waals surface area contributed by atoms with Crippen molar-refractivity contribution >= 4 is 39.1 Å². The molecule has 2 N–H and O–H groups in total. The van der Waals surface area contributed by atoms with Gasteiger partial charge in [-0.15, -0.1) is 24.0 Å².